The van der Waals surface area contributed by atoms with Crippen LogP contribution in [0.3, 0.4) is 0 Å². The van der Waals surface area contributed by atoms with Crippen molar-refractivity contribution in [3.8, 4) is 6.07 Å². The molecule has 0 saturated heterocycles. The summed E-state index contributed by atoms with van der Waals surface area (Å²) in [5.41, 5.74) is 1.43. The van der Waals surface area contributed by atoms with Crippen LogP contribution in [-0.2, 0) is 0 Å². The molecule has 3 rings (SSSR count). The Labute approximate surface area is 125 Å². The van der Waals surface area contributed by atoms with E-state index >= 15 is 0 Å². The molecule has 0 saturated carbocycles. The summed E-state index contributed by atoms with van der Waals surface area (Å²) in [5, 5.41) is 11.5. The van der Waals surface area contributed by atoms with E-state index in [9.17, 15) is 5.26 Å². The fourth-order valence-electron chi connectivity index (χ4n) is 1.84. The number of aromatic nitrogens is 2. The smallest absolute Gasteiger partial charge is 0.117 e. The van der Waals surface area contributed by atoms with E-state index in [0.29, 0.717) is 10.6 Å². The summed E-state index contributed by atoms with van der Waals surface area (Å²) in [5.74, 6) is 0. The third kappa shape index (κ3) is 2.46. The molecule has 0 bridgehead atoms. The summed E-state index contributed by atoms with van der Waals surface area (Å²) in [7, 11) is 0. The molecule has 3 nitrogen and oxygen atoms in total. The lowest BCUT2D eigenvalue weighted by Crippen LogP contribution is -1.88. The van der Waals surface area contributed by atoms with Crippen molar-refractivity contribution < 1.29 is 0 Å². The molecule has 3 aromatic rings. The van der Waals surface area contributed by atoms with Crippen LogP contribution in [0.5, 0.6) is 0 Å². The number of benzene rings is 2. The molecule has 20 heavy (non-hydrogen) atoms. The van der Waals surface area contributed by atoms with E-state index < -0.39 is 0 Å². The second kappa shape index (κ2) is 5.49. The molecule has 1 heterocycles. The standard InChI is InChI=1S/C15H8ClN3S/c16-11-5-6-14(10(7-11)8-17)20-15-12-3-1-2-4-13(12)18-9-19-15/h1-7,9H. The molecule has 5 heteroatoms. The summed E-state index contributed by atoms with van der Waals surface area (Å²) >= 11 is 7.35. The Bertz CT molecular complexity index is 821. The Balaban J connectivity index is 2.08. The molecular formula is C15H8ClN3S. The van der Waals surface area contributed by atoms with Crippen molar-refractivity contribution in [1.29, 1.82) is 5.26 Å². The number of rotatable bonds is 2. The number of para-hydroxylation sites is 1. The van der Waals surface area contributed by atoms with E-state index in [1.807, 2.05) is 30.3 Å². The molecule has 0 atom stereocenters. The minimum atomic E-state index is 0.546. The molecule has 0 N–H and O–H groups in total. The van der Waals surface area contributed by atoms with Crippen molar-refractivity contribution in [3.05, 3.63) is 59.4 Å². The number of hydrogen-bond acceptors (Lipinski definition) is 4. The summed E-state index contributed by atoms with van der Waals surface area (Å²) < 4.78 is 0. The van der Waals surface area contributed by atoms with Gasteiger partial charge in [0, 0.05) is 15.3 Å². The lowest BCUT2D eigenvalue weighted by Gasteiger charge is -2.06. The maximum atomic E-state index is 9.18. The highest BCUT2D eigenvalue weighted by molar-refractivity contribution is 7.99. The van der Waals surface area contributed by atoms with Crippen molar-refractivity contribution in [2.24, 2.45) is 0 Å². The highest BCUT2D eigenvalue weighted by Crippen LogP contribution is 2.33. The van der Waals surface area contributed by atoms with E-state index in [1.54, 1.807) is 12.1 Å². The number of nitrogens with zero attached hydrogens (tertiary/aromatic N) is 3. The maximum Gasteiger partial charge on any atom is 0.117 e. The van der Waals surface area contributed by atoms with Crippen LogP contribution >= 0.6 is 23.4 Å². The zero-order chi connectivity index (χ0) is 13.9. The average molecular weight is 298 g/mol. The van der Waals surface area contributed by atoms with Crippen LogP contribution in [0.25, 0.3) is 10.9 Å². The van der Waals surface area contributed by atoms with Crippen molar-refractivity contribution in [1.82, 2.24) is 9.97 Å². The highest BCUT2D eigenvalue weighted by atomic mass is 35.5. The van der Waals surface area contributed by atoms with Gasteiger partial charge in [-0.1, -0.05) is 41.6 Å². The zero-order valence-corrected chi connectivity index (χ0v) is 11.8. The van der Waals surface area contributed by atoms with Gasteiger partial charge in [-0.2, -0.15) is 5.26 Å². The molecule has 0 amide bonds. The van der Waals surface area contributed by atoms with Gasteiger partial charge in [0.1, 0.15) is 17.4 Å². The number of halogens is 1. The summed E-state index contributed by atoms with van der Waals surface area (Å²) in [6.07, 6.45) is 1.53. The van der Waals surface area contributed by atoms with E-state index in [4.69, 9.17) is 11.6 Å². The molecule has 0 aliphatic carbocycles. The van der Waals surface area contributed by atoms with Crippen LogP contribution in [0.4, 0.5) is 0 Å². The lowest BCUT2D eigenvalue weighted by molar-refractivity contribution is 1.10. The van der Waals surface area contributed by atoms with Crippen LogP contribution < -0.4 is 0 Å². The van der Waals surface area contributed by atoms with Gasteiger partial charge in [0.15, 0.2) is 0 Å². The second-order valence-corrected chi connectivity index (χ2v) is 5.52. The van der Waals surface area contributed by atoms with Crippen LogP contribution in [0.2, 0.25) is 5.02 Å². The third-order valence-electron chi connectivity index (χ3n) is 2.77. The fourth-order valence-corrected chi connectivity index (χ4v) is 2.96. The van der Waals surface area contributed by atoms with Crippen molar-refractivity contribution >= 4 is 34.3 Å². The van der Waals surface area contributed by atoms with E-state index in [2.05, 4.69) is 16.0 Å². The Morgan fingerprint density at radius 2 is 1.95 bits per heavy atom. The number of hydrogen-bond donors (Lipinski definition) is 0. The third-order valence-corrected chi connectivity index (χ3v) is 4.10. The van der Waals surface area contributed by atoms with E-state index in [1.165, 1.54) is 18.1 Å². The largest absolute Gasteiger partial charge is 0.236 e. The van der Waals surface area contributed by atoms with Crippen LogP contribution in [0.1, 0.15) is 5.56 Å². The molecule has 0 aliphatic heterocycles. The molecule has 0 fully saturated rings. The normalized spacial score (nSPS) is 10.4. The topological polar surface area (TPSA) is 49.6 Å². The van der Waals surface area contributed by atoms with Gasteiger partial charge >= 0.3 is 0 Å². The molecule has 1 aromatic heterocycles. The SMILES string of the molecule is N#Cc1cc(Cl)ccc1Sc1ncnc2ccccc12. The first-order valence-electron chi connectivity index (χ1n) is 5.85. The van der Waals surface area contributed by atoms with Gasteiger partial charge in [0.05, 0.1) is 11.1 Å². The van der Waals surface area contributed by atoms with Gasteiger partial charge in [0.25, 0.3) is 0 Å². The fraction of sp³-hybridized carbons (Fsp3) is 0. The number of fused-ring (bicyclic) bond motifs is 1. The predicted molar refractivity (Wildman–Crippen MR) is 79.8 cm³/mol. The highest BCUT2D eigenvalue weighted by Gasteiger charge is 2.09. The predicted octanol–water partition coefficient (Wildman–Crippen LogP) is 4.31. The molecule has 0 aliphatic rings. The Kier molecular flexibility index (Phi) is 3.55. The van der Waals surface area contributed by atoms with Gasteiger partial charge in [-0.05, 0) is 24.3 Å². The van der Waals surface area contributed by atoms with Gasteiger partial charge in [-0.15, -0.1) is 0 Å². The van der Waals surface area contributed by atoms with Gasteiger partial charge in [-0.3, -0.25) is 0 Å². The quantitative estimate of drug-likeness (QED) is 0.662. The minimum Gasteiger partial charge on any atom is -0.236 e. The molecule has 0 unspecified atom stereocenters. The Hall–Kier alpha value is -2.09. The van der Waals surface area contributed by atoms with Gasteiger partial charge in [0.2, 0.25) is 0 Å². The second-order valence-electron chi connectivity index (χ2n) is 4.05. The van der Waals surface area contributed by atoms with Crippen molar-refractivity contribution in [3.63, 3.8) is 0 Å². The first-order chi connectivity index (χ1) is 9.78. The minimum absolute atomic E-state index is 0.546. The lowest BCUT2D eigenvalue weighted by atomic mass is 10.2. The molecule has 96 valence electrons. The van der Waals surface area contributed by atoms with Gasteiger partial charge in [-0.25, -0.2) is 9.97 Å². The van der Waals surface area contributed by atoms with E-state index in [0.717, 1.165) is 20.8 Å². The molecule has 0 spiro atoms. The van der Waals surface area contributed by atoms with Crippen LogP contribution in [0.15, 0.2) is 58.7 Å². The first-order valence-corrected chi connectivity index (χ1v) is 7.04. The first kappa shape index (κ1) is 12.9. The Morgan fingerprint density at radius 3 is 2.80 bits per heavy atom. The zero-order valence-electron chi connectivity index (χ0n) is 10.2. The molecular weight excluding hydrogens is 290 g/mol. The van der Waals surface area contributed by atoms with Gasteiger partial charge < -0.3 is 0 Å². The van der Waals surface area contributed by atoms with Crippen molar-refractivity contribution in [2.75, 3.05) is 0 Å². The van der Waals surface area contributed by atoms with Crippen LogP contribution in [0, 0.1) is 11.3 Å². The monoisotopic (exact) mass is 297 g/mol. The number of nitriles is 1. The Morgan fingerprint density at radius 1 is 1.10 bits per heavy atom. The van der Waals surface area contributed by atoms with Crippen LogP contribution in [-0.4, -0.2) is 9.97 Å². The molecule has 0 radical (unpaired) electrons. The van der Waals surface area contributed by atoms with E-state index in [-0.39, 0.29) is 0 Å². The maximum absolute atomic E-state index is 9.18. The van der Waals surface area contributed by atoms with Crippen molar-refractivity contribution in [2.45, 2.75) is 9.92 Å². The summed E-state index contributed by atoms with van der Waals surface area (Å²) in [4.78, 5) is 9.37. The summed E-state index contributed by atoms with van der Waals surface area (Å²) in [6.45, 7) is 0. The molecule has 2 aromatic carbocycles. The summed E-state index contributed by atoms with van der Waals surface area (Å²) in [6, 6.07) is 15.2. The average Bonchev–Trinajstić information content (AvgIpc) is 2.49.